The number of sulfone groups is 1. The fourth-order valence-electron chi connectivity index (χ4n) is 1.90. The van der Waals surface area contributed by atoms with Crippen molar-refractivity contribution in [3.8, 4) is 0 Å². The molecule has 1 fully saturated rings. The van der Waals surface area contributed by atoms with E-state index in [0.717, 1.165) is 11.3 Å². The molecule has 0 spiro atoms. The van der Waals surface area contributed by atoms with Gasteiger partial charge in [-0.2, -0.15) is 0 Å². The third-order valence-corrected chi connectivity index (χ3v) is 5.54. The van der Waals surface area contributed by atoms with E-state index in [2.05, 4.69) is 4.98 Å². The molecule has 0 saturated carbocycles. The van der Waals surface area contributed by atoms with Crippen LogP contribution in [-0.2, 0) is 9.84 Å². The number of rotatable bonds is 1. The predicted octanol–water partition coefficient (Wildman–Crippen LogP) is 0.294. The molecule has 2 N–H and O–H groups in total. The molecule has 0 unspecified atom stereocenters. The highest BCUT2D eigenvalue weighted by Gasteiger charge is 2.25. The van der Waals surface area contributed by atoms with Crippen LogP contribution in [0.3, 0.4) is 0 Å². The van der Waals surface area contributed by atoms with Crippen LogP contribution in [0.2, 0.25) is 0 Å². The molecule has 100 valence electrons. The Labute approximate surface area is 110 Å². The number of thiazole rings is 1. The van der Waals surface area contributed by atoms with Gasteiger partial charge >= 0.3 is 0 Å². The maximum atomic E-state index is 12.2. The molecule has 0 bridgehead atoms. The molecule has 2 heterocycles. The summed E-state index contributed by atoms with van der Waals surface area (Å²) >= 11 is 1.15. The molecule has 0 radical (unpaired) electrons. The predicted molar refractivity (Wildman–Crippen MR) is 70.4 cm³/mol. The second kappa shape index (κ2) is 4.85. The van der Waals surface area contributed by atoms with Crippen molar-refractivity contribution in [3.63, 3.8) is 0 Å². The first-order valence-electron chi connectivity index (χ1n) is 5.62. The first kappa shape index (κ1) is 13.3. The van der Waals surface area contributed by atoms with Crippen molar-refractivity contribution in [2.75, 3.05) is 30.3 Å². The zero-order valence-electron chi connectivity index (χ0n) is 10.0. The molecule has 1 saturated heterocycles. The minimum absolute atomic E-state index is 0.0338. The van der Waals surface area contributed by atoms with Crippen molar-refractivity contribution in [1.82, 2.24) is 9.88 Å². The van der Waals surface area contributed by atoms with Crippen LogP contribution < -0.4 is 5.73 Å². The minimum atomic E-state index is -3.00. The van der Waals surface area contributed by atoms with Gasteiger partial charge in [0, 0.05) is 13.1 Å². The molecular formula is C10H15N3O3S2. The molecule has 1 aromatic heterocycles. The lowest BCUT2D eigenvalue weighted by atomic mass is 10.3. The van der Waals surface area contributed by atoms with Crippen LogP contribution in [0.1, 0.15) is 21.8 Å². The molecule has 8 heteroatoms. The lowest BCUT2D eigenvalue weighted by Crippen LogP contribution is -2.33. The van der Waals surface area contributed by atoms with Gasteiger partial charge in [0.1, 0.15) is 4.88 Å². The fraction of sp³-hybridized carbons (Fsp3) is 0.600. The van der Waals surface area contributed by atoms with Gasteiger partial charge in [-0.1, -0.05) is 11.3 Å². The Morgan fingerprint density at radius 1 is 1.39 bits per heavy atom. The highest BCUT2D eigenvalue weighted by molar-refractivity contribution is 7.91. The van der Waals surface area contributed by atoms with E-state index < -0.39 is 9.84 Å². The van der Waals surface area contributed by atoms with Crippen LogP contribution in [-0.4, -0.2) is 48.8 Å². The van der Waals surface area contributed by atoms with Gasteiger partial charge in [0.2, 0.25) is 0 Å². The number of anilines is 1. The molecule has 0 atom stereocenters. The van der Waals surface area contributed by atoms with Crippen LogP contribution in [0.25, 0.3) is 0 Å². The molecule has 0 aliphatic carbocycles. The summed E-state index contributed by atoms with van der Waals surface area (Å²) in [6.07, 6.45) is 0.488. The smallest absolute Gasteiger partial charge is 0.265 e. The summed E-state index contributed by atoms with van der Waals surface area (Å²) in [6.45, 7) is 2.45. The molecular weight excluding hydrogens is 274 g/mol. The normalized spacial score (nSPS) is 19.5. The first-order valence-corrected chi connectivity index (χ1v) is 8.25. The Kier molecular flexibility index (Phi) is 3.58. The van der Waals surface area contributed by atoms with Crippen LogP contribution in [0.15, 0.2) is 0 Å². The van der Waals surface area contributed by atoms with E-state index in [0.29, 0.717) is 28.7 Å². The summed E-state index contributed by atoms with van der Waals surface area (Å²) in [5.41, 5.74) is 6.17. The average Bonchev–Trinajstić information content (AvgIpc) is 2.50. The standard InChI is InChI=1S/C10H15N3O3S2/c1-7-8(17-10(11)12-7)9(14)13-3-2-5-18(15,16)6-4-13/h2-6H2,1H3,(H2,11,12). The van der Waals surface area contributed by atoms with Crippen molar-refractivity contribution < 1.29 is 13.2 Å². The molecule has 1 amide bonds. The molecule has 0 aromatic carbocycles. The molecule has 1 aliphatic rings. The van der Waals surface area contributed by atoms with Crippen LogP contribution in [0, 0.1) is 6.92 Å². The number of nitrogen functional groups attached to an aromatic ring is 1. The van der Waals surface area contributed by atoms with Crippen molar-refractivity contribution in [2.45, 2.75) is 13.3 Å². The number of carbonyl (C=O) groups excluding carboxylic acids is 1. The van der Waals surface area contributed by atoms with Gasteiger partial charge in [0.25, 0.3) is 5.91 Å². The molecule has 1 aromatic rings. The number of hydrogen-bond acceptors (Lipinski definition) is 6. The Morgan fingerprint density at radius 3 is 2.72 bits per heavy atom. The number of hydrogen-bond donors (Lipinski definition) is 1. The summed E-state index contributed by atoms with van der Waals surface area (Å²) in [4.78, 5) is 18.3. The van der Waals surface area contributed by atoms with Gasteiger partial charge in [0.15, 0.2) is 15.0 Å². The van der Waals surface area contributed by atoms with E-state index in [1.807, 2.05) is 0 Å². The van der Waals surface area contributed by atoms with E-state index in [1.165, 1.54) is 0 Å². The average molecular weight is 289 g/mol. The number of aryl methyl sites for hydroxylation is 1. The number of aromatic nitrogens is 1. The van der Waals surface area contributed by atoms with Gasteiger partial charge in [-0.3, -0.25) is 4.79 Å². The summed E-state index contributed by atoms with van der Waals surface area (Å²) in [7, 11) is -3.00. The maximum absolute atomic E-state index is 12.2. The molecule has 1 aliphatic heterocycles. The Hall–Kier alpha value is -1.15. The summed E-state index contributed by atoms with van der Waals surface area (Å²) < 4.78 is 23.0. The molecule has 2 rings (SSSR count). The van der Waals surface area contributed by atoms with E-state index in [9.17, 15) is 13.2 Å². The minimum Gasteiger partial charge on any atom is -0.375 e. The summed E-state index contributed by atoms with van der Waals surface area (Å²) in [6, 6.07) is 0. The third-order valence-electron chi connectivity index (χ3n) is 2.85. The van der Waals surface area contributed by atoms with Gasteiger partial charge < -0.3 is 10.6 Å². The van der Waals surface area contributed by atoms with Crippen LogP contribution >= 0.6 is 11.3 Å². The maximum Gasteiger partial charge on any atom is 0.265 e. The van der Waals surface area contributed by atoms with Crippen molar-refractivity contribution in [3.05, 3.63) is 10.6 Å². The summed E-state index contributed by atoms with van der Waals surface area (Å²) in [5, 5.41) is 0.360. The van der Waals surface area contributed by atoms with Crippen molar-refractivity contribution >= 4 is 32.2 Å². The highest BCUT2D eigenvalue weighted by Crippen LogP contribution is 2.22. The largest absolute Gasteiger partial charge is 0.375 e. The van der Waals surface area contributed by atoms with E-state index >= 15 is 0 Å². The van der Waals surface area contributed by atoms with Gasteiger partial charge in [-0.25, -0.2) is 13.4 Å². The Morgan fingerprint density at radius 2 is 2.11 bits per heavy atom. The van der Waals surface area contributed by atoms with Gasteiger partial charge in [-0.15, -0.1) is 0 Å². The zero-order chi connectivity index (χ0) is 13.3. The number of amides is 1. The first-order chi connectivity index (χ1) is 8.39. The highest BCUT2D eigenvalue weighted by atomic mass is 32.2. The number of nitrogens with two attached hydrogens (primary N) is 1. The fourth-order valence-corrected chi connectivity index (χ4v) is 3.97. The van der Waals surface area contributed by atoms with Crippen LogP contribution in [0.5, 0.6) is 0 Å². The van der Waals surface area contributed by atoms with E-state index in [4.69, 9.17) is 5.73 Å². The Balaban J connectivity index is 2.17. The SMILES string of the molecule is Cc1nc(N)sc1C(=O)N1CCCS(=O)(=O)CC1. The van der Waals surface area contributed by atoms with Crippen molar-refractivity contribution in [2.24, 2.45) is 0 Å². The second-order valence-corrected chi connectivity index (χ2v) is 7.60. The lowest BCUT2D eigenvalue weighted by molar-refractivity contribution is 0.0772. The Bertz CT molecular complexity index is 565. The van der Waals surface area contributed by atoms with Gasteiger partial charge in [-0.05, 0) is 13.3 Å². The molecule has 18 heavy (non-hydrogen) atoms. The van der Waals surface area contributed by atoms with Gasteiger partial charge in [0.05, 0.1) is 17.2 Å². The van der Waals surface area contributed by atoms with E-state index in [-0.39, 0.29) is 24.0 Å². The number of carbonyl (C=O) groups is 1. The third kappa shape index (κ3) is 2.81. The zero-order valence-corrected chi connectivity index (χ0v) is 11.7. The van der Waals surface area contributed by atoms with E-state index in [1.54, 1.807) is 11.8 Å². The topological polar surface area (TPSA) is 93.4 Å². The lowest BCUT2D eigenvalue weighted by Gasteiger charge is -2.18. The van der Waals surface area contributed by atoms with Crippen molar-refractivity contribution in [1.29, 1.82) is 0 Å². The quantitative estimate of drug-likeness (QED) is 0.802. The molecule has 6 nitrogen and oxygen atoms in total. The summed E-state index contributed by atoms with van der Waals surface area (Å²) in [5.74, 6) is 0.0194. The number of nitrogens with zero attached hydrogens (tertiary/aromatic N) is 2. The van der Waals surface area contributed by atoms with Crippen LogP contribution in [0.4, 0.5) is 5.13 Å². The second-order valence-electron chi connectivity index (χ2n) is 4.26. The monoisotopic (exact) mass is 289 g/mol.